The Kier molecular flexibility index (Phi) is 1.76. The molecule has 0 aliphatic carbocycles. The third-order valence-electron chi connectivity index (χ3n) is 2.03. The number of nitrogens with one attached hydrogen (secondary N) is 1. The summed E-state index contributed by atoms with van der Waals surface area (Å²) in [5.41, 5.74) is -1.44. The highest BCUT2D eigenvalue weighted by Crippen LogP contribution is 2.33. The van der Waals surface area contributed by atoms with Crippen molar-refractivity contribution in [1.82, 2.24) is 20.6 Å². The molecule has 1 aromatic heterocycles. The minimum Gasteiger partial charge on any atom is -0.381 e. The number of aromatic nitrogens is 4. The summed E-state index contributed by atoms with van der Waals surface area (Å²) in [7, 11) is 0. The summed E-state index contributed by atoms with van der Waals surface area (Å²) in [5.74, 6) is 0.144. The molecule has 1 aliphatic rings. The molecule has 1 N–H and O–H groups in total. The minimum atomic E-state index is -1.44. The number of aromatic amines is 1. The summed E-state index contributed by atoms with van der Waals surface area (Å²) < 4.78 is 18.9. The van der Waals surface area contributed by atoms with Crippen LogP contribution in [0.1, 0.15) is 18.7 Å². The molecule has 2 rings (SSSR count). The lowest BCUT2D eigenvalue weighted by atomic mass is 9.96. The molecular weight excluding hydrogens is 163 g/mol. The fourth-order valence-corrected chi connectivity index (χ4v) is 1.27. The highest BCUT2D eigenvalue weighted by Gasteiger charge is 2.38. The predicted octanol–water partition coefficient (Wildman–Crippen LogP) is 0.175. The number of alkyl halides is 1. The topological polar surface area (TPSA) is 63.7 Å². The minimum absolute atomic E-state index is 0.144. The molecule has 66 valence electrons. The van der Waals surface area contributed by atoms with Gasteiger partial charge in [-0.15, -0.1) is 10.2 Å². The van der Waals surface area contributed by atoms with E-state index in [-0.39, 0.29) is 5.82 Å². The van der Waals surface area contributed by atoms with Crippen molar-refractivity contribution >= 4 is 0 Å². The van der Waals surface area contributed by atoms with Gasteiger partial charge in [0.2, 0.25) is 5.82 Å². The fraction of sp³-hybridized carbons (Fsp3) is 0.833. The second kappa shape index (κ2) is 2.78. The van der Waals surface area contributed by atoms with E-state index in [2.05, 4.69) is 20.6 Å². The average Bonchev–Trinajstić information content (AvgIpc) is 2.58. The molecule has 2 heterocycles. The van der Waals surface area contributed by atoms with E-state index in [1.807, 2.05) is 0 Å². The van der Waals surface area contributed by atoms with E-state index in [9.17, 15) is 4.39 Å². The molecule has 6 heteroatoms. The molecule has 0 atom stereocenters. The van der Waals surface area contributed by atoms with Gasteiger partial charge in [-0.05, 0) is 0 Å². The molecule has 0 amide bonds. The van der Waals surface area contributed by atoms with Gasteiger partial charge in [0, 0.05) is 12.8 Å². The van der Waals surface area contributed by atoms with Crippen LogP contribution in [0.15, 0.2) is 0 Å². The van der Waals surface area contributed by atoms with E-state index in [0.29, 0.717) is 26.1 Å². The quantitative estimate of drug-likeness (QED) is 0.656. The number of ether oxygens (including phenoxy) is 1. The van der Waals surface area contributed by atoms with Crippen LogP contribution in [0.5, 0.6) is 0 Å². The molecular formula is C6H9FN4O. The summed E-state index contributed by atoms with van der Waals surface area (Å²) in [5, 5.41) is 12.8. The van der Waals surface area contributed by atoms with Gasteiger partial charge in [0.05, 0.1) is 13.2 Å². The zero-order valence-corrected chi connectivity index (χ0v) is 6.46. The van der Waals surface area contributed by atoms with E-state index < -0.39 is 5.67 Å². The molecule has 0 aromatic carbocycles. The first-order valence-corrected chi connectivity index (χ1v) is 3.82. The molecule has 0 saturated carbocycles. The van der Waals surface area contributed by atoms with Gasteiger partial charge in [-0.1, -0.05) is 5.21 Å². The third kappa shape index (κ3) is 1.18. The van der Waals surface area contributed by atoms with Gasteiger partial charge < -0.3 is 4.74 Å². The Labute approximate surface area is 68.3 Å². The van der Waals surface area contributed by atoms with Gasteiger partial charge in [-0.25, -0.2) is 4.39 Å². The molecule has 5 nitrogen and oxygen atoms in total. The first-order valence-electron chi connectivity index (χ1n) is 3.82. The van der Waals surface area contributed by atoms with Crippen LogP contribution in [0.3, 0.4) is 0 Å². The Morgan fingerprint density at radius 3 is 2.75 bits per heavy atom. The van der Waals surface area contributed by atoms with E-state index in [1.54, 1.807) is 0 Å². The highest BCUT2D eigenvalue weighted by atomic mass is 19.1. The summed E-state index contributed by atoms with van der Waals surface area (Å²) >= 11 is 0. The maximum Gasteiger partial charge on any atom is 0.211 e. The lowest BCUT2D eigenvalue weighted by Crippen LogP contribution is -2.30. The van der Waals surface area contributed by atoms with Gasteiger partial charge in [0.15, 0.2) is 5.67 Å². The molecule has 0 spiro atoms. The van der Waals surface area contributed by atoms with Crippen molar-refractivity contribution in [2.45, 2.75) is 18.5 Å². The van der Waals surface area contributed by atoms with Crippen molar-refractivity contribution in [2.75, 3.05) is 13.2 Å². The smallest absolute Gasteiger partial charge is 0.211 e. The van der Waals surface area contributed by atoms with Crippen molar-refractivity contribution in [3.63, 3.8) is 0 Å². The van der Waals surface area contributed by atoms with Crippen LogP contribution in [0, 0.1) is 0 Å². The molecule has 1 aliphatic heterocycles. The van der Waals surface area contributed by atoms with Crippen LogP contribution in [-0.2, 0) is 10.4 Å². The Morgan fingerprint density at radius 2 is 2.17 bits per heavy atom. The maximum absolute atomic E-state index is 13.9. The van der Waals surface area contributed by atoms with Gasteiger partial charge in [-0.2, -0.15) is 5.21 Å². The number of hydrogen-bond acceptors (Lipinski definition) is 4. The molecule has 1 fully saturated rings. The van der Waals surface area contributed by atoms with Crippen LogP contribution in [0.4, 0.5) is 4.39 Å². The Hall–Kier alpha value is -1.04. The summed E-state index contributed by atoms with van der Waals surface area (Å²) in [6.45, 7) is 0.843. The summed E-state index contributed by atoms with van der Waals surface area (Å²) in [4.78, 5) is 0. The van der Waals surface area contributed by atoms with Crippen LogP contribution >= 0.6 is 0 Å². The van der Waals surface area contributed by atoms with E-state index in [4.69, 9.17) is 4.74 Å². The predicted molar refractivity (Wildman–Crippen MR) is 37.0 cm³/mol. The van der Waals surface area contributed by atoms with Gasteiger partial charge in [-0.3, -0.25) is 0 Å². The summed E-state index contributed by atoms with van der Waals surface area (Å²) in [6, 6.07) is 0. The Morgan fingerprint density at radius 1 is 1.42 bits per heavy atom. The summed E-state index contributed by atoms with van der Waals surface area (Å²) in [6.07, 6.45) is 0.624. The first kappa shape index (κ1) is 7.60. The van der Waals surface area contributed by atoms with Crippen LogP contribution in [-0.4, -0.2) is 33.8 Å². The highest BCUT2D eigenvalue weighted by molar-refractivity contribution is 4.98. The number of hydrogen-bond donors (Lipinski definition) is 1. The Balaban J connectivity index is 2.19. The van der Waals surface area contributed by atoms with Crippen molar-refractivity contribution in [3.8, 4) is 0 Å². The molecule has 1 aromatic rings. The standard InChI is InChI=1S/C6H9FN4O/c7-6(1-3-12-4-2-6)5-8-10-11-9-5/h1-4H2,(H,8,9,10,11). The number of nitrogens with zero attached hydrogens (tertiary/aromatic N) is 3. The number of H-pyrrole nitrogens is 1. The van der Waals surface area contributed by atoms with E-state index in [0.717, 1.165) is 0 Å². The number of rotatable bonds is 1. The molecule has 1 saturated heterocycles. The van der Waals surface area contributed by atoms with Gasteiger partial charge in [0.25, 0.3) is 0 Å². The van der Waals surface area contributed by atoms with Crippen LogP contribution in [0.25, 0.3) is 0 Å². The van der Waals surface area contributed by atoms with Crippen molar-refractivity contribution in [3.05, 3.63) is 5.82 Å². The number of halogens is 1. The zero-order valence-electron chi connectivity index (χ0n) is 6.46. The monoisotopic (exact) mass is 172 g/mol. The molecule has 0 radical (unpaired) electrons. The molecule has 0 unspecified atom stereocenters. The van der Waals surface area contributed by atoms with Crippen molar-refractivity contribution in [2.24, 2.45) is 0 Å². The fourth-order valence-electron chi connectivity index (χ4n) is 1.27. The first-order chi connectivity index (χ1) is 5.81. The second-order valence-electron chi connectivity index (χ2n) is 2.81. The van der Waals surface area contributed by atoms with E-state index in [1.165, 1.54) is 0 Å². The van der Waals surface area contributed by atoms with Crippen molar-refractivity contribution in [1.29, 1.82) is 0 Å². The largest absolute Gasteiger partial charge is 0.381 e. The van der Waals surface area contributed by atoms with Gasteiger partial charge >= 0.3 is 0 Å². The lowest BCUT2D eigenvalue weighted by Gasteiger charge is -2.25. The molecule has 0 bridgehead atoms. The van der Waals surface area contributed by atoms with Crippen molar-refractivity contribution < 1.29 is 9.13 Å². The lowest BCUT2D eigenvalue weighted by molar-refractivity contribution is -0.0163. The van der Waals surface area contributed by atoms with Gasteiger partial charge in [0.1, 0.15) is 0 Å². The third-order valence-corrected chi connectivity index (χ3v) is 2.03. The zero-order chi connectivity index (χ0) is 8.44. The SMILES string of the molecule is FC1(c2nn[nH]n2)CCOCC1. The van der Waals surface area contributed by atoms with Crippen LogP contribution in [0.2, 0.25) is 0 Å². The van der Waals surface area contributed by atoms with Crippen LogP contribution < -0.4 is 0 Å². The second-order valence-corrected chi connectivity index (χ2v) is 2.81. The average molecular weight is 172 g/mol. The number of tetrazole rings is 1. The Bertz CT molecular complexity index is 244. The molecule has 12 heavy (non-hydrogen) atoms. The van der Waals surface area contributed by atoms with E-state index >= 15 is 0 Å². The maximum atomic E-state index is 13.9. The normalized spacial score (nSPS) is 22.4.